The van der Waals surface area contributed by atoms with Gasteiger partial charge in [0.05, 0.1) is 17.3 Å². The molecule has 0 N–H and O–H groups in total. The van der Waals surface area contributed by atoms with Crippen molar-refractivity contribution < 1.29 is 9.53 Å². The van der Waals surface area contributed by atoms with Crippen molar-refractivity contribution in [2.24, 2.45) is 4.99 Å². The van der Waals surface area contributed by atoms with Gasteiger partial charge in [0, 0.05) is 18.8 Å². The summed E-state index contributed by atoms with van der Waals surface area (Å²) >= 11 is 1.44. The molecule has 3 aromatic rings. The molecule has 2 aromatic heterocycles. The number of carbonyl (C=O) groups is 1. The highest BCUT2D eigenvalue weighted by Gasteiger charge is 2.12. The number of hydrogen-bond donors (Lipinski definition) is 0. The van der Waals surface area contributed by atoms with Crippen LogP contribution in [0.25, 0.3) is 10.2 Å². The van der Waals surface area contributed by atoms with Crippen molar-refractivity contribution >= 4 is 27.5 Å². The van der Waals surface area contributed by atoms with E-state index in [-0.39, 0.29) is 11.9 Å². The number of methoxy groups -OCH3 is 1. The third-order valence-corrected chi connectivity index (χ3v) is 4.80. The molecule has 0 aliphatic carbocycles. The first-order chi connectivity index (χ1) is 12.0. The van der Waals surface area contributed by atoms with Crippen molar-refractivity contribution in [3.05, 3.63) is 53.6 Å². The Kier molecular flexibility index (Phi) is 4.85. The minimum Gasteiger partial charge on any atom is -0.497 e. The van der Waals surface area contributed by atoms with E-state index in [4.69, 9.17) is 4.74 Å². The van der Waals surface area contributed by atoms with Crippen molar-refractivity contribution in [3.8, 4) is 5.75 Å². The van der Waals surface area contributed by atoms with Gasteiger partial charge in [-0.05, 0) is 38.1 Å². The molecule has 130 valence electrons. The van der Waals surface area contributed by atoms with E-state index in [1.165, 1.54) is 11.3 Å². The van der Waals surface area contributed by atoms with Gasteiger partial charge in [-0.2, -0.15) is 10.1 Å². The summed E-state index contributed by atoms with van der Waals surface area (Å²) in [5.41, 5.74) is 1.33. The molecule has 3 rings (SSSR count). The van der Waals surface area contributed by atoms with E-state index < -0.39 is 0 Å². The Morgan fingerprint density at radius 1 is 1.44 bits per heavy atom. The minimum absolute atomic E-state index is 0.198. The van der Waals surface area contributed by atoms with Crippen LogP contribution in [0.1, 0.15) is 30.4 Å². The molecule has 0 radical (unpaired) electrons. The van der Waals surface area contributed by atoms with Gasteiger partial charge >= 0.3 is 0 Å². The molecule has 0 unspecified atom stereocenters. The summed E-state index contributed by atoms with van der Waals surface area (Å²) in [5.74, 6) is 0.420. The summed E-state index contributed by atoms with van der Waals surface area (Å²) in [6.07, 6.45) is 3.58. The second-order valence-corrected chi connectivity index (χ2v) is 6.82. The average molecular weight is 356 g/mol. The molecule has 6 nitrogen and oxygen atoms in total. The summed E-state index contributed by atoms with van der Waals surface area (Å²) in [4.78, 5) is 17.4. The van der Waals surface area contributed by atoms with Crippen molar-refractivity contribution in [2.45, 2.75) is 26.4 Å². The number of thiazole rings is 1. The van der Waals surface area contributed by atoms with Gasteiger partial charge in [-0.15, -0.1) is 6.58 Å². The van der Waals surface area contributed by atoms with Gasteiger partial charge in [0.1, 0.15) is 5.75 Å². The van der Waals surface area contributed by atoms with Crippen LogP contribution < -0.4 is 9.54 Å². The van der Waals surface area contributed by atoms with Crippen LogP contribution in [0.3, 0.4) is 0 Å². The number of carbonyl (C=O) groups excluding carboxylic acids is 1. The molecular weight excluding hydrogens is 336 g/mol. The lowest BCUT2D eigenvalue weighted by atomic mass is 10.3. The lowest BCUT2D eigenvalue weighted by Gasteiger charge is -2.03. The number of aromatic nitrogens is 3. The number of hydrogen-bond acceptors (Lipinski definition) is 4. The Hall–Kier alpha value is -2.67. The predicted molar refractivity (Wildman–Crippen MR) is 99.1 cm³/mol. The summed E-state index contributed by atoms with van der Waals surface area (Å²) in [5, 5.41) is 4.29. The van der Waals surface area contributed by atoms with Gasteiger partial charge in [0.2, 0.25) is 0 Å². The SMILES string of the molecule is C=CCn1c(=NC(=O)c2ccn(C(C)C)n2)sc2cc(OC)ccc21. The third-order valence-electron chi connectivity index (χ3n) is 3.76. The molecule has 25 heavy (non-hydrogen) atoms. The van der Waals surface area contributed by atoms with Crippen molar-refractivity contribution in [3.63, 3.8) is 0 Å². The summed E-state index contributed by atoms with van der Waals surface area (Å²) in [7, 11) is 1.63. The van der Waals surface area contributed by atoms with Crippen LogP contribution in [0, 0.1) is 0 Å². The zero-order valence-electron chi connectivity index (χ0n) is 14.5. The lowest BCUT2D eigenvalue weighted by molar-refractivity contribution is 0.0992. The van der Waals surface area contributed by atoms with E-state index in [9.17, 15) is 4.79 Å². The van der Waals surface area contributed by atoms with Crippen LogP contribution >= 0.6 is 11.3 Å². The maximum atomic E-state index is 12.5. The molecular formula is C18H20N4O2S. The van der Waals surface area contributed by atoms with E-state index in [1.54, 1.807) is 30.1 Å². The van der Waals surface area contributed by atoms with Gasteiger partial charge in [-0.25, -0.2) is 0 Å². The number of ether oxygens (including phenoxy) is 1. The molecule has 1 aromatic carbocycles. The van der Waals surface area contributed by atoms with Crippen molar-refractivity contribution in [1.82, 2.24) is 14.3 Å². The van der Waals surface area contributed by atoms with Crippen LogP contribution in [-0.4, -0.2) is 27.4 Å². The highest BCUT2D eigenvalue weighted by atomic mass is 32.1. The maximum absolute atomic E-state index is 12.5. The molecule has 1 amide bonds. The zero-order valence-corrected chi connectivity index (χ0v) is 15.3. The lowest BCUT2D eigenvalue weighted by Crippen LogP contribution is -2.16. The van der Waals surface area contributed by atoms with Crippen LogP contribution in [-0.2, 0) is 6.54 Å². The zero-order chi connectivity index (χ0) is 18.0. The van der Waals surface area contributed by atoms with E-state index in [0.29, 0.717) is 17.0 Å². The highest BCUT2D eigenvalue weighted by molar-refractivity contribution is 7.16. The standard InChI is InChI=1S/C18H20N4O2S/c1-5-9-21-15-7-6-13(24-4)11-16(15)25-18(21)19-17(23)14-8-10-22(20-14)12(2)3/h5-8,10-12H,1,9H2,2-4H3. The first kappa shape index (κ1) is 17.2. The van der Waals surface area contributed by atoms with Gasteiger partial charge in [-0.1, -0.05) is 17.4 Å². The second kappa shape index (κ2) is 7.06. The Balaban J connectivity index is 2.08. The number of amides is 1. The van der Waals surface area contributed by atoms with Gasteiger partial charge in [0.25, 0.3) is 5.91 Å². The molecule has 0 saturated heterocycles. The largest absolute Gasteiger partial charge is 0.497 e. The molecule has 0 spiro atoms. The quantitative estimate of drug-likeness (QED) is 0.658. The molecule has 2 heterocycles. The number of allylic oxidation sites excluding steroid dienone is 1. The summed E-state index contributed by atoms with van der Waals surface area (Å²) < 4.78 is 9.98. The Bertz CT molecular complexity index is 994. The average Bonchev–Trinajstić information content (AvgIpc) is 3.20. The number of fused-ring (bicyclic) bond motifs is 1. The third kappa shape index (κ3) is 3.41. The normalized spacial score (nSPS) is 12.1. The molecule has 0 bridgehead atoms. The van der Waals surface area contributed by atoms with E-state index in [0.717, 1.165) is 16.0 Å². The fraction of sp³-hybridized carbons (Fsp3) is 0.278. The van der Waals surface area contributed by atoms with Crippen LogP contribution in [0.4, 0.5) is 0 Å². The fourth-order valence-electron chi connectivity index (χ4n) is 2.46. The smallest absolute Gasteiger partial charge is 0.300 e. The Morgan fingerprint density at radius 3 is 2.88 bits per heavy atom. The fourth-order valence-corrected chi connectivity index (χ4v) is 3.52. The number of rotatable bonds is 5. The van der Waals surface area contributed by atoms with Crippen molar-refractivity contribution in [2.75, 3.05) is 7.11 Å². The van der Waals surface area contributed by atoms with Crippen LogP contribution in [0.2, 0.25) is 0 Å². The molecule has 0 aliphatic rings. The second-order valence-electron chi connectivity index (χ2n) is 5.81. The first-order valence-corrected chi connectivity index (χ1v) is 8.77. The van der Waals surface area contributed by atoms with Crippen LogP contribution in [0.15, 0.2) is 48.1 Å². The van der Waals surface area contributed by atoms with E-state index in [2.05, 4.69) is 16.7 Å². The van der Waals surface area contributed by atoms with Gasteiger partial charge < -0.3 is 9.30 Å². The van der Waals surface area contributed by atoms with Gasteiger partial charge in [-0.3, -0.25) is 9.48 Å². The van der Waals surface area contributed by atoms with Crippen LogP contribution in [0.5, 0.6) is 5.75 Å². The Labute approximate surface area is 149 Å². The minimum atomic E-state index is -0.351. The first-order valence-electron chi connectivity index (χ1n) is 7.96. The number of benzene rings is 1. The molecule has 0 saturated carbocycles. The highest BCUT2D eigenvalue weighted by Crippen LogP contribution is 2.23. The molecule has 0 atom stereocenters. The molecule has 7 heteroatoms. The predicted octanol–water partition coefficient (Wildman–Crippen LogP) is 3.42. The topological polar surface area (TPSA) is 61.4 Å². The summed E-state index contributed by atoms with van der Waals surface area (Å²) in [6.45, 7) is 8.38. The molecule has 0 aliphatic heterocycles. The van der Waals surface area contributed by atoms with E-state index >= 15 is 0 Å². The number of nitrogens with zero attached hydrogens (tertiary/aromatic N) is 4. The summed E-state index contributed by atoms with van der Waals surface area (Å²) in [6, 6.07) is 7.69. The van der Waals surface area contributed by atoms with E-state index in [1.807, 2.05) is 36.6 Å². The molecule has 0 fully saturated rings. The van der Waals surface area contributed by atoms with Crippen molar-refractivity contribution in [1.29, 1.82) is 0 Å². The Morgan fingerprint density at radius 2 is 2.24 bits per heavy atom. The van der Waals surface area contributed by atoms with Gasteiger partial charge in [0.15, 0.2) is 10.5 Å². The monoisotopic (exact) mass is 356 g/mol. The maximum Gasteiger partial charge on any atom is 0.300 e.